The summed E-state index contributed by atoms with van der Waals surface area (Å²) in [7, 11) is 0. The summed E-state index contributed by atoms with van der Waals surface area (Å²) < 4.78 is 9.17. The quantitative estimate of drug-likeness (QED) is 0.187. The van der Waals surface area contributed by atoms with Crippen molar-refractivity contribution in [2.45, 2.75) is 0 Å². The summed E-state index contributed by atoms with van der Waals surface area (Å²) in [6, 6.07) is 51.8. The molecule has 0 spiro atoms. The molecule has 10 aromatic rings. The Morgan fingerprint density at radius 2 is 1.06 bits per heavy atom. The third-order valence-corrected chi connectivity index (χ3v) is 9.33. The van der Waals surface area contributed by atoms with E-state index in [2.05, 4.69) is 88.4 Å². The van der Waals surface area contributed by atoms with E-state index in [9.17, 15) is 0 Å². The summed E-state index contributed by atoms with van der Waals surface area (Å²) in [4.78, 5) is 19.4. The molecule has 234 valence electrons. The van der Waals surface area contributed by atoms with Crippen molar-refractivity contribution in [3.05, 3.63) is 164 Å². The lowest BCUT2D eigenvalue weighted by Crippen LogP contribution is -2.00. The van der Waals surface area contributed by atoms with Crippen LogP contribution in [0.15, 0.2) is 168 Å². The highest BCUT2D eigenvalue weighted by Crippen LogP contribution is 2.44. The molecule has 4 heterocycles. The Hall–Kier alpha value is -6.92. The molecule has 10 rings (SSSR count). The number of pyridine rings is 1. The minimum absolute atomic E-state index is 0.583. The van der Waals surface area contributed by atoms with Gasteiger partial charge >= 0.3 is 0 Å². The Morgan fingerprint density at radius 1 is 0.460 bits per heavy atom. The number of rotatable bonds is 5. The van der Waals surface area contributed by atoms with E-state index in [1.165, 1.54) is 5.39 Å². The van der Waals surface area contributed by atoms with Gasteiger partial charge in [-0.15, -0.1) is 0 Å². The Balaban J connectivity index is 1.34. The highest BCUT2D eigenvalue weighted by atomic mass is 16.3. The molecule has 0 aliphatic carbocycles. The monoisotopic (exact) mass is 641 g/mol. The Kier molecular flexibility index (Phi) is 6.39. The van der Waals surface area contributed by atoms with Gasteiger partial charge in [0.05, 0.1) is 16.4 Å². The maximum atomic E-state index is 6.82. The summed E-state index contributed by atoms with van der Waals surface area (Å²) >= 11 is 0. The van der Waals surface area contributed by atoms with Crippen LogP contribution in [0.25, 0.3) is 94.7 Å². The number of fused-ring (bicyclic) bond motifs is 7. The molecule has 6 nitrogen and oxygen atoms in total. The van der Waals surface area contributed by atoms with Gasteiger partial charge in [-0.25, -0.2) is 15.0 Å². The van der Waals surface area contributed by atoms with Crippen LogP contribution in [0.2, 0.25) is 0 Å². The highest BCUT2D eigenvalue weighted by Gasteiger charge is 2.23. The number of para-hydroxylation sites is 2. The first-order valence-electron chi connectivity index (χ1n) is 16.6. The molecule has 0 saturated carbocycles. The SMILES string of the molecule is c1ccc(-c2nc(-c3ccccc3)nc(-c3cc(-c4ccncc4)c4oc5ccc6c7ccccc7n(-c7ccccc7)c6c5c4c3)n2)cc1. The van der Waals surface area contributed by atoms with Gasteiger partial charge in [-0.05, 0) is 60.2 Å². The Bertz CT molecular complexity index is 2790. The molecule has 0 amide bonds. The molecule has 6 aromatic carbocycles. The normalized spacial score (nSPS) is 11.6. The fraction of sp³-hybridized carbons (Fsp3) is 0. The largest absolute Gasteiger partial charge is 0.455 e. The number of aromatic nitrogens is 5. The van der Waals surface area contributed by atoms with Crippen molar-refractivity contribution in [2.24, 2.45) is 0 Å². The van der Waals surface area contributed by atoms with E-state index < -0.39 is 0 Å². The average molecular weight is 642 g/mol. The Morgan fingerprint density at radius 3 is 1.74 bits per heavy atom. The van der Waals surface area contributed by atoms with E-state index in [-0.39, 0.29) is 0 Å². The van der Waals surface area contributed by atoms with Crippen LogP contribution in [0.5, 0.6) is 0 Å². The number of hydrogen-bond donors (Lipinski definition) is 0. The number of furan rings is 1. The summed E-state index contributed by atoms with van der Waals surface area (Å²) in [6.07, 6.45) is 3.62. The molecule has 4 aromatic heterocycles. The van der Waals surface area contributed by atoms with Crippen molar-refractivity contribution in [2.75, 3.05) is 0 Å². The number of nitrogens with zero attached hydrogens (tertiary/aromatic N) is 5. The van der Waals surface area contributed by atoms with E-state index in [4.69, 9.17) is 19.4 Å². The number of hydrogen-bond acceptors (Lipinski definition) is 5. The molecule has 0 bridgehead atoms. The minimum atomic E-state index is 0.583. The summed E-state index contributed by atoms with van der Waals surface area (Å²) in [5, 5.41) is 4.37. The number of benzene rings is 6. The van der Waals surface area contributed by atoms with Crippen LogP contribution in [0.1, 0.15) is 0 Å². The van der Waals surface area contributed by atoms with Crippen LogP contribution in [0.3, 0.4) is 0 Å². The average Bonchev–Trinajstić information content (AvgIpc) is 3.74. The summed E-state index contributed by atoms with van der Waals surface area (Å²) in [6.45, 7) is 0. The standard InChI is InChI=1S/C44H27N5O/c1-4-12-29(13-5-1)42-46-43(30-14-6-2-7-15-30)48-44(47-42)31-26-35(28-22-24-45-25-23-28)41-36(27-31)39-38(50-41)21-20-34-33-18-10-11-19-37(33)49(40(34)39)32-16-8-3-9-17-32/h1-27H. The molecule has 0 unspecified atom stereocenters. The van der Waals surface area contributed by atoms with Gasteiger partial charge in [0.15, 0.2) is 17.5 Å². The molecule has 0 radical (unpaired) electrons. The lowest BCUT2D eigenvalue weighted by atomic mass is 9.98. The molecule has 50 heavy (non-hydrogen) atoms. The van der Waals surface area contributed by atoms with Gasteiger partial charge in [0.25, 0.3) is 0 Å². The van der Waals surface area contributed by atoms with Crippen molar-refractivity contribution < 1.29 is 4.42 Å². The summed E-state index contributed by atoms with van der Waals surface area (Å²) in [5.41, 5.74) is 9.57. The fourth-order valence-electron chi connectivity index (χ4n) is 7.08. The second kappa shape index (κ2) is 11.4. The van der Waals surface area contributed by atoms with Crippen molar-refractivity contribution in [1.82, 2.24) is 24.5 Å². The predicted molar refractivity (Wildman–Crippen MR) is 201 cm³/mol. The van der Waals surface area contributed by atoms with E-state index in [1.54, 1.807) is 0 Å². The lowest BCUT2D eigenvalue weighted by Gasteiger charge is -2.11. The maximum Gasteiger partial charge on any atom is 0.164 e. The second-order valence-corrected chi connectivity index (χ2v) is 12.3. The third kappa shape index (κ3) is 4.50. The minimum Gasteiger partial charge on any atom is -0.455 e. The zero-order valence-electron chi connectivity index (χ0n) is 26.7. The molecule has 6 heteroatoms. The van der Waals surface area contributed by atoms with Crippen molar-refractivity contribution >= 4 is 43.7 Å². The van der Waals surface area contributed by atoms with Gasteiger partial charge < -0.3 is 8.98 Å². The maximum absolute atomic E-state index is 6.82. The predicted octanol–water partition coefficient (Wildman–Crippen LogP) is 10.9. The van der Waals surface area contributed by atoms with Crippen molar-refractivity contribution in [3.8, 4) is 51.0 Å². The Labute approximate surface area is 287 Å². The molecular weight excluding hydrogens is 615 g/mol. The zero-order chi connectivity index (χ0) is 33.0. The van der Waals surface area contributed by atoms with Crippen LogP contribution in [0, 0.1) is 0 Å². The smallest absolute Gasteiger partial charge is 0.164 e. The van der Waals surface area contributed by atoms with Gasteiger partial charge in [-0.3, -0.25) is 4.98 Å². The van der Waals surface area contributed by atoms with Crippen LogP contribution < -0.4 is 0 Å². The molecule has 0 aliphatic rings. The van der Waals surface area contributed by atoms with Gasteiger partial charge in [-0.2, -0.15) is 0 Å². The first-order valence-corrected chi connectivity index (χ1v) is 16.6. The van der Waals surface area contributed by atoms with Crippen molar-refractivity contribution in [1.29, 1.82) is 0 Å². The van der Waals surface area contributed by atoms with Gasteiger partial charge in [0.2, 0.25) is 0 Å². The molecule has 0 saturated heterocycles. The second-order valence-electron chi connectivity index (χ2n) is 12.3. The van der Waals surface area contributed by atoms with E-state index in [0.717, 1.165) is 71.9 Å². The van der Waals surface area contributed by atoms with Crippen LogP contribution in [-0.2, 0) is 0 Å². The van der Waals surface area contributed by atoms with E-state index in [1.807, 2.05) is 85.2 Å². The molecule has 0 aliphatic heterocycles. The summed E-state index contributed by atoms with van der Waals surface area (Å²) in [5.74, 6) is 1.81. The van der Waals surface area contributed by atoms with Crippen molar-refractivity contribution in [3.63, 3.8) is 0 Å². The van der Waals surface area contributed by atoms with Gasteiger partial charge in [0, 0.05) is 56.5 Å². The molecule has 0 fully saturated rings. The van der Waals surface area contributed by atoms with E-state index in [0.29, 0.717) is 17.5 Å². The lowest BCUT2D eigenvalue weighted by molar-refractivity contribution is 0.670. The fourth-order valence-corrected chi connectivity index (χ4v) is 7.08. The topological polar surface area (TPSA) is 69.6 Å². The first-order chi connectivity index (χ1) is 24.8. The van der Waals surface area contributed by atoms with E-state index >= 15 is 0 Å². The van der Waals surface area contributed by atoms with Crippen LogP contribution in [0.4, 0.5) is 0 Å². The molecule has 0 atom stereocenters. The van der Waals surface area contributed by atoms with Gasteiger partial charge in [-0.1, -0.05) is 97.1 Å². The zero-order valence-corrected chi connectivity index (χ0v) is 26.7. The first kappa shape index (κ1) is 28.1. The highest BCUT2D eigenvalue weighted by molar-refractivity contribution is 6.26. The molecular formula is C44H27N5O. The molecule has 0 N–H and O–H groups in total. The van der Waals surface area contributed by atoms with Gasteiger partial charge in [0.1, 0.15) is 11.2 Å². The third-order valence-electron chi connectivity index (χ3n) is 9.33. The van der Waals surface area contributed by atoms with Crippen LogP contribution >= 0.6 is 0 Å². The van der Waals surface area contributed by atoms with Crippen LogP contribution in [-0.4, -0.2) is 24.5 Å².